The van der Waals surface area contributed by atoms with Crippen LogP contribution < -0.4 is 0 Å². The Labute approximate surface area is 79.1 Å². The van der Waals surface area contributed by atoms with Gasteiger partial charge in [0.15, 0.2) is 0 Å². The van der Waals surface area contributed by atoms with Gasteiger partial charge in [0.05, 0.1) is 0 Å². The van der Waals surface area contributed by atoms with Crippen LogP contribution in [0.2, 0.25) is 0 Å². The average molecular weight is 170 g/mol. The van der Waals surface area contributed by atoms with E-state index in [1.165, 1.54) is 12.0 Å². The molecule has 0 radical (unpaired) electrons. The Balaban J connectivity index is 0. The van der Waals surface area contributed by atoms with Crippen LogP contribution in [-0.4, -0.2) is 0 Å². The van der Waals surface area contributed by atoms with Crippen LogP contribution in [0.1, 0.15) is 54.9 Å². The highest BCUT2D eigenvalue weighted by Gasteiger charge is 2.04. The van der Waals surface area contributed by atoms with Crippen LogP contribution in [-0.2, 0) is 0 Å². The van der Waals surface area contributed by atoms with E-state index >= 15 is 0 Å². The van der Waals surface area contributed by atoms with Crippen LogP contribution in [0.15, 0.2) is 11.6 Å². The van der Waals surface area contributed by atoms with E-state index in [1.54, 1.807) is 0 Å². The smallest absolute Gasteiger partial charge is 0.0232 e. The summed E-state index contributed by atoms with van der Waals surface area (Å²) in [4.78, 5) is 0. The third kappa shape index (κ3) is 7.84. The van der Waals surface area contributed by atoms with Gasteiger partial charge in [-0.3, -0.25) is 0 Å². The lowest BCUT2D eigenvalue weighted by Gasteiger charge is -2.13. The minimum absolute atomic E-state index is 0.769. The Morgan fingerprint density at radius 1 is 1.17 bits per heavy atom. The lowest BCUT2D eigenvalue weighted by atomic mass is 9.93. The van der Waals surface area contributed by atoms with Gasteiger partial charge in [0, 0.05) is 0 Å². The third-order valence-electron chi connectivity index (χ3n) is 2.06. The van der Waals surface area contributed by atoms with Crippen LogP contribution in [0, 0.1) is 11.8 Å². The van der Waals surface area contributed by atoms with Crippen LogP contribution >= 0.6 is 0 Å². The average Bonchev–Trinajstić information content (AvgIpc) is 2.05. The predicted molar refractivity (Wildman–Crippen MR) is 59.4 cm³/mol. The van der Waals surface area contributed by atoms with Gasteiger partial charge in [0.25, 0.3) is 0 Å². The summed E-state index contributed by atoms with van der Waals surface area (Å²) in [5.74, 6) is 1.59. The van der Waals surface area contributed by atoms with Crippen molar-refractivity contribution in [3.8, 4) is 0 Å². The van der Waals surface area contributed by atoms with Gasteiger partial charge in [0.2, 0.25) is 0 Å². The first-order chi connectivity index (χ1) is 5.57. The summed E-state index contributed by atoms with van der Waals surface area (Å²) in [6.45, 7) is 15.2. The van der Waals surface area contributed by atoms with Gasteiger partial charge in [-0.25, -0.2) is 0 Å². The zero-order valence-electron chi connectivity index (χ0n) is 9.94. The molecule has 0 fully saturated rings. The van der Waals surface area contributed by atoms with Crippen molar-refractivity contribution in [1.82, 2.24) is 0 Å². The molecule has 0 aromatic heterocycles. The van der Waals surface area contributed by atoms with E-state index in [2.05, 4.69) is 40.7 Å². The summed E-state index contributed by atoms with van der Waals surface area (Å²) in [5, 5.41) is 0. The van der Waals surface area contributed by atoms with Gasteiger partial charge in [-0.15, -0.1) is 0 Å². The Morgan fingerprint density at radius 3 is 1.83 bits per heavy atom. The second-order valence-electron chi connectivity index (χ2n) is 3.56. The first-order valence-corrected chi connectivity index (χ1v) is 5.20. The SMILES string of the molecule is C/C=C(\C)C(C)CC(C)C.CC. The molecular weight excluding hydrogens is 144 g/mol. The van der Waals surface area contributed by atoms with Crippen molar-refractivity contribution in [2.24, 2.45) is 11.8 Å². The molecule has 0 heterocycles. The van der Waals surface area contributed by atoms with E-state index in [1.807, 2.05) is 13.8 Å². The minimum Gasteiger partial charge on any atom is -0.0885 e. The van der Waals surface area contributed by atoms with E-state index in [9.17, 15) is 0 Å². The summed E-state index contributed by atoms with van der Waals surface area (Å²) >= 11 is 0. The molecule has 74 valence electrons. The monoisotopic (exact) mass is 170 g/mol. The van der Waals surface area contributed by atoms with Crippen LogP contribution in [0.25, 0.3) is 0 Å². The van der Waals surface area contributed by atoms with E-state index in [4.69, 9.17) is 0 Å². The molecule has 0 rings (SSSR count). The maximum absolute atomic E-state index is 2.30. The standard InChI is InChI=1S/C10H20.C2H6/c1-6-9(4)10(5)7-8(2)3;1-2/h6,8,10H,7H2,1-5H3;1-2H3/b9-6+;. The van der Waals surface area contributed by atoms with Crippen LogP contribution in [0.5, 0.6) is 0 Å². The second kappa shape index (κ2) is 8.83. The summed E-state index contributed by atoms with van der Waals surface area (Å²) in [7, 11) is 0. The van der Waals surface area contributed by atoms with E-state index in [0.29, 0.717) is 0 Å². The minimum atomic E-state index is 0.769. The van der Waals surface area contributed by atoms with Crippen LogP contribution in [0.3, 0.4) is 0 Å². The van der Waals surface area contributed by atoms with Crippen molar-refractivity contribution in [3.05, 3.63) is 11.6 Å². The van der Waals surface area contributed by atoms with Crippen LogP contribution in [0.4, 0.5) is 0 Å². The topological polar surface area (TPSA) is 0 Å². The maximum atomic E-state index is 2.30. The Hall–Kier alpha value is -0.260. The molecule has 0 amide bonds. The van der Waals surface area contributed by atoms with Gasteiger partial charge in [-0.2, -0.15) is 0 Å². The fraction of sp³-hybridized carbons (Fsp3) is 0.833. The lowest BCUT2D eigenvalue weighted by molar-refractivity contribution is 0.485. The molecule has 0 aliphatic heterocycles. The first kappa shape index (κ1) is 14.3. The summed E-state index contributed by atoms with van der Waals surface area (Å²) < 4.78 is 0. The highest BCUT2D eigenvalue weighted by Crippen LogP contribution is 2.18. The quantitative estimate of drug-likeness (QED) is 0.540. The number of hydrogen-bond acceptors (Lipinski definition) is 0. The van der Waals surface area contributed by atoms with Gasteiger partial charge in [-0.05, 0) is 32.1 Å². The molecule has 12 heavy (non-hydrogen) atoms. The molecule has 0 N–H and O–H groups in total. The second-order valence-corrected chi connectivity index (χ2v) is 3.56. The van der Waals surface area contributed by atoms with Gasteiger partial charge in [-0.1, -0.05) is 46.3 Å². The maximum Gasteiger partial charge on any atom is -0.0232 e. The molecule has 1 atom stereocenters. The molecule has 0 saturated heterocycles. The Kier molecular flexibility index (Phi) is 10.5. The van der Waals surface area contributed by atoms with Crippen molar-refractivity contribution >= 4 is 0 Å². The first-order valence-electron chi connectivity index (χ1n) is 5.20. The predicted octanol–water partition coefficient (Wildman–Crippen LogP) is 4.66. The molecular formula is C12H26. The molecule has 0 bridgehead atoms. The van der Waals surface area contributed by atoms with Crippen molar-refractivity contribution < 1.29 is 0 Å². The van der Waals surface area contributed by atoms with E-state index in [0.717, 1.165) is 11.8 Å². The number of hydrogen-bond donors (Lipinski definition) is 0. The molecule has 1 unspecified atom stereocenters. The van der Waals surface area contributed by atoms with Crippen molar-refractivity contribution in [2.45, 2.75) is 54.9 Å². The summed E-state index contributed by atoms with van der Waals surface area (Å²) in [6, 6.07) is 0. The molecule has 0 nitrogen and oxygen atoms in total. The number of rotatable bonds is 3. The third-order valence-corrected chi connectivity index (χ3v) is 2.06. The largest absolute Gasteiger partial charge is 0.0885 e. The van der Waals surface area contributed by atoms with Gasteiger partial charge < -0.3 is 0 Å². The molecule has 0 heteroatoms. The zero-order chi connectivity index (χ0) is 10.1. The van der Waals surface area contributed by atoms with E-state index in [-0.39, 0.29) is 0 Å². The summed E-state index contributed by atoms with van der Waals surface area (Å²) in [5.41, 5.74) is 1.52. The molecule has 0 aromatic rings. The van der Waals surface area contributed by atoms with E-state index < -0.39 is 0 Å². The summed E-state index contributed by atoms with van der Waals surface area (Å²) in [6.07, 6.45) is 3.53. The molecule has 0 aliphatic carbocycles. The molecule has 0 spiro atoms. The van der Waals surface area contributed by atoms with Crippen molar-refractivity contribution in [2.75, 3.05) is 0 Å². The van der Waals surface area contributed by atoms with Crippen molar-refractivity contribution in [3.63, 3.8) is 0 Å². The Morgan fingerprint density at radius 2 is 1.58 bits per heavy atom. The molecule has 0 saturated carbocycles. The Bertz CT molecular complexity index is 109. The molecule has 0 aliphatic rings. The zero-order valence-corrected chi connectivity index (χ0v) is 9.94. The lowest BCUT2D eigenvalue weighted by Crippen LogP contribution is -2.00. The fourth-order valence-electron chi connectivity index (χ4n) is 1.18. The van der Waals surface area contributed by atoms with Crippen molar-refractivity contribution in [1.29, 1.82) is 0 Å². The molecule has 0 aromatic carbocycles. The normalized spacial score (nSPS) is 13.8. The highest BCUT2D eigenvalue weighted by molar-refractivity contribution is 4.99. The van der Waals surface area contributed by atoms with Gasteiger partial charge in [0.1, 0.15) is 0 Å². The highest BCUT2D eigenvalue weighted by atomic mass is 14.1. The number of allylic oxidation sites excluding steroid dienone is 2. The fourth-order valence-corrected chi connectivity index (χ4v) is 1.18. The van der Waals surface area contributed by atoms with Gasteiger partial charge >= 0.3 is 0 Å².